The van der Waals surface area contributed by atoms with Gasteiger partial charge in [-0.3, -0.25) is 14.9 Å². The molecule has 1 amide bonds. The smallest absolute Gasteiger partial charge is 0.328 e. The van der Waals surface area contributed by atoms with Crippen molar-refractivity contribution in [2.75, 3.05) is 25.1 Å². The van der Waals surface area contributed by atoms with Crippen LogP contribution in [0.3, 0.4) is 0 Å². The molecule has 1 heterocycles. The van der Waals surface area contributed by atoms with Crippen LogP contribution < -0.4 is 10.2 Å². The molecule has 1 aromatic carbocycles. The Kier molecular flexibility index (Phi) is 7.15. The van der Waals surface area contributed by atoms with E-state index >= 15 is 0 Å². The van der Waals surface area contributed by atoms with Crippen molar-refractivity contribution in [1.82, 2.24) is 5.32 Å². The fraction of sp³-hybridized carbons (Fsp3) is 0.579. The molecule has 1 fully saturated rings. The van der Waals surface area contributed by atoms with Gasteiger partial charge in [0.1, 0.15) is 11.7 Å². The fourth-order valence-corrected chi connectivity index (χ4v) is 3.39. The van der Waals surface area contributed by atoms with Crippen molar-refractivity contribution in [3.05, 3.63) is 34.4 Å². The Bertz CT molecular complexity index is 684. The number of amides is 1. The van der Waals surface area contributed by atoms with Crippen molar-refractivity contribution in [3.63, 3.8) is 0 Å². The summed E-state index contributed by atoms with van der Waals surface area (Å²) in [6, 6.07) is 5.99. The lowest BCUT2D eigenvalue weighted by Gasteiger charge is -2.33. The van der Waals surface area contributed by atoms with Gasteiger partial charge in [0, 0.05) is 25.1 Å². The Labute approximate surface area is 159 Å². The van der Waals surface area contributed by atoms with Crippen molar-refractivity contribution in [1.29, 1.82) is 0 Å². The zero-order chi connectivity index (χ0) is 20.0. The second kappa shape index (κ2) is 9.34. The topological polar surface area (TPSA) is 102 Å². The van der Waals surface area contributed by atoms with Crippen LogP contribution in [-0.4, -0.2) is 43.0 Å². The van der Waals surface area contributed by atoms with Crippen LogP contribution in [0.2, 0.25) is 0 Å². The quantitative estimate of drug-likeness (QED) is 0.445. The van der Waals surface area contributed by atoms with Gasteiger partial charge in [-0.2, -0.15) is 0 Å². The Balaban J connectivity index is 1.97. The number of nitro benzene ring substituents is 1. The summed E-state index contributed by atoms with van der Waals surface area (Å²) in [7, 11) is 1.31. The molecule has 0 bridgehead atoms. The van der Waals surface area contributed by atoms with E-state index in [1.54, 1.807) is 18.2 Å². The number of carbonyl (C=O) groups is 2. The summed E-state index contributed by atoms with van der Waals surface area (Å²) in [5, 5.41) is 14.0. The number of rotatable bonds is 7. The number of methoxy groups -OCH3 is 1. The maximum Gasteiger partial charge on any atom is 0.328 e. The van der Waals surface area contributed by atoms with Gasteiger partial charge in [-0.1, -0.05) is 26.0 Å². The second-order valence-electron chi connectivity index (χ2n) is 7.22. The normalized spacial score (nSPS) is 16.1. The van der Waals surface area contributed by atoms with Gasteiger partial charge in [0.15, 0.2) is 0 Å². The van der Waals surface area contributed by atoms with E-state index in [0.29, 0.717) is 38.0 Å². The number of piperidine rings is 1. The van der Waals surface area contributed by atoms with Crippen LogP contribution >= 0.6 is 0 Å². The molecule has 2 rings (SSSR count). The molecular formula is C19H27N3O5. The van der Waals surface area contributed by atoms with Crippen LogP contribution in [0.5, 0.6) is 0 Å². The average Bonchev–Trinajstić information content (AvgIpc) is 2.66. The molecule has 8 nitrogen and oxygen atoms in total. The van der Waals surface area contributed by atoms with E-state index < -0.39 is 12.0 Å². The van der Waals surface area contributed by atoms with Gasteiger partial charge in [-0.25, -0.2) is 4.79 Å². The predicted octanol–water partition coefficient (Wildman–Crippen LogP) is 2.52. The summed E-state index contributed by atoms with van der Waals surface area (Å²) >= 11 is 0. The number of hydrogen-bond acceptors (Lipinski definition) is 6. The van der Waals surface area contributed by atoms with E-state index in [4.69, 9.17) is 4.74 Å². The second-order valence-corrected chi connectivity index (χ2v) is 7.22. The number of nitrogens with one attached hydrogen (secondary N) is 1. The molecule has 0 aliphatic carbocycles. The van der Waals surface area contributed by atoms with E-state index in [-0.39, 0.29) is 28.4 Å². The van der Waals surface area contributed by atoms with E-state index in [2.05, 4.69) is 5.32 Å². The van der Waals surface area contributed by atoms with Gasteiger partial charge in [-0.15, -0.1) is 0 Å². The van der Waals surface area contributed by atoms with Crippen molar-refractivity contribution in [2.24, 2.45) is 11.8 Å². The molecule has 27 heavy (non-hydrogen) atoms. The van der Waals surface area contributed by atoms with Crippen LogP contribution in [0.1, 0.15) is 33.1 Å². The Morgan fingerprint density at radius 1 is 1.30 bits per heavy atom. The van der Waals surface area contributed by atoms with Crippen LogP contribution in [0, 0.1) is 22.0 Å². The first kappa shape index (κ1) is 20.7. The highest BCUT2D eigenvalue weighted by molar-refractivity contribution is 5.86. The van der Waals surface area contributed by atoms with Gasteiger partial charge in [0.25, 0.3) is 5.69 Å². The van der Waals surface area contributed by atoms with Gasteiger partial charge < -0.3 is 15.0 Å². The summed E-state index contributed by atoms with van der Waals surface area (Å²) in [5.74, 6) is -0.569. The van der Waals surface area contributed by atoms with Crippen molar-refractivity contribution >= 4 is 23.3 Å². The zero-order valence-electron chi connectivity index (χ0n) is 16.0. The number of hydrogen-bond donors (Lipinski definition) is 1. The lowest BCUT2D eigenvalue weighted by atomic mass is 9.94. The van der Waals surface area contributed by atoms with E-state index in [1.165, 1.54) is 13.2 Å². The molecule has 0 saturated carbocycles. The van der Waals surface area contributed by atoms with Crippen LogP contribution in [0.25, 0.3) is 0 Å². The lowest BCUT2D eigenvalue weighted by molar-refractivity contribution is -0.384. The minimum atomic E-state index is -0.643. The molecule has 1 N–H and O–H groups in total. The van der Waals surface area contributed by atoms with Gasteiger partial charge in [0.05, 0.1) is 12.0 Å². The van der Waals surface area contributed by atoms with Crippen molar-refractivity contribution in [2.45, 2.75) is 39.2 Å². The van der Waals surface area contributed by atoms with Gasteiger partial charge in [-0.05, 0) is 31.2 Å². The van der Waals surface area contributed by atoms with Gasteiger partial charge in [0.2, 0.25) is 5.91 Å². The molecule has 1 unspecified atom stereocenters. The third-order valence-electron chi connectivity index (χ3n) is 4.79. The van der Waals surface area contributed by atoms with Crippen molar-refractivity contribution < 1.29 is 19.2 Å². The van der Waals surface area contributed by atoms with Crippen molar-refractivity contribution in [3.8, 4) is 0 Å². The largest absolute Gasteiger partial charge is 0.467 e. The molecule has 0 spiro atoms. The Morgan fingerprint density at radius 3 is 2.48 bits per heavy atom. The summed E-state index contributed by atoms with van der Waals surface area (Å²) in [4.78, 5) is 37.2. The number of anilines is 1. The molecule has 1 saturated heterocycles. The maximum atomic E-state index is 12.6. The summed E-state index contributed by atoms with van der Waals surface area (Å²) < 4.78 is 4.79. The number of benzene rings is 1. The predicted molar refractivity (Wildman–Crippen MR) is 101 cm³/mol. The molecule has 1 aromatic rings. The van der Waals surface area contributed by atoms with E-state index in [0.717, 1.165) is 0 Å². The molecule has 8 heteroatoms. The van der Waals surface area contributed by atoms with Crippen LogP contribution in [0.4, 0.5) is 11.4 Å². The average molecular weight is 377 g/mol. The Hall–Kier alpha value is -2.64. The molecule has 1 atom stereocenters. The molecule has 1 aliphatic heterocycles. The number of nitro groups is 1. The van der Waals surface area contributed by atoms with Gasteiger partial charge >= 0.3 is 5.97 Å². The highest BCUT2D eigenvalue weighted by Crippen LogP contribution is 2.31. The SMILES string of the molecule is COC(=O)C(CC(C)C)NC(=O)C1CCN(c2ccccc2[N+](=O)[O-])CC1. The van der Waals surface area contributed by atoms with E-state index in [1.807, 2.05) is 18.7 Å². The molecule has 0 aromatic heterocycles. The minimum Gasteiger partial charge on any atom is -0.467 e. The minimum absolute atomic E-state index is 0.0723. The number of carbonyl (C=O) groups excluding carboxylic acids is 2. The first-order chi connectivity index (χ1) is 12.8. The molecule has 0 radical (unpaired) electrons. The van der Waals surface area contributed by atoms with E-state index in [9.17, 15) is 19.7 Å². The number of esters is 1. The highest BCUT2D eigenvalue weighted by atomic mass is 16.6. The zero-order valence-corrected chi connectivity index (χ0v) is 16.0. The van der Waals surface area contributed by atoms with Crippen LogP contribution in [-0.2, 0) is 14.3 Å². The number of ether oxygens (including phenoxy) is 1. The fourth-order valence-electron chi connectivity index (χ4n) is 3.39. The molecular weight excluding hydrogens is 350 g/mol. The first-order valence-electron chi connectivity index (χ1n) is 9.20. The standard InChI is InChI=1S/C19H27N3O5/c1-13(2)12-15(19(24)27-3)20-18(23)14-8-10-21(11-9-14)16-6-4-5-7-17(16)22(25)26/h4-7,13-15H,8-12H2,1-3H3,(H,20,23). The molecule has 1 aliphatic rings. The number of para-hydroxylation sites is 2. The maximum absolute atomic E-state index is 12.6. The summed E-state index contributed by atoms with van der Waals surface area (Å²) in [6.45, 7) is 5.06. The summed E-state index contributed by atoms with van der Waals surface area (Å²) in [5.41, 5.74) is 0.650. The third-order valence-corrected chi connectivity index (χ3v) is 4.79. The summed E-state index contributed by atoms with van der Waals surface area (Å²) in [6.07, 6.45) is 1.67. The lowest BCUT2D eigenvalue weighted by Crippen LogP contribution is -2.47. The highest BCUT2D eigenvalue weighted by Gasteiger charge is 2.31. The third kappa shape index (κ3) is 5.42. The Morgan fingerprint density at radius 2 is 1.93 bits per heavy atom. The monoisotopic (exact) mass is 377 g/mol. The molecule has 148 valence electrons. The number of nitrogens with zero attached hydrogens (tertiary/aromatic N) is 2. The first-order valence-corrected chi connectivity index (χ1v) is 9.20. The van der Waals surface area contributed by atoms with Crippen LogP contribution in [0.15, 0.2) is 24.3 Å².